The van der Waals surface area contributed by atoms with Crippen molar-refractivity contribution in [3.8, 4) is 11.8 Å². The molecule has 0 radical (unpaired) electrons. The first kappa shape index (κ1) is 16.0. The third-order valence-corrected chi connectivity index (χ3v) is 3.90. The molecule has 1 atom stereocenters. The fourth-order valence-corrected chi connectivity index (χ4v) is 2.66. The highest BCUT2D eigenvalue weighted by molar-refractivity contribution is 5.28. The molecule has 1 aromatic heterocycles. The predicted octanol–water partition coefficient (Wildman–Crippen LogP) is 3.23. The SMILES string of the molecule is CCCCC(C#N)(Cc1ccc(OC)cc1)Cn1cnnc1. The summed E-state index contributed by atoms with van der Waals surface area (Å²) in [5.74, 6) is 0.832. The van der Waals surface area contributed by atoms with E-state index < -0.39 is 5.41 Å². The normalized spacial score (nSPS) is 13.3. The van der Waals surface area contributed by atoms with Crippen LogP contribution in [-0.4, -0.2) is 21.9 Å². The lowest BCUT2D eigenvalue weighted by atomic mass is 9.78. The topological polar surface area (TPSA) is 63.7 Å². The highest BCUT2D eigenvalue weighted by Gasteiger charge is 2.30. The third kappa shape index (κ3) is 4.08. The van der Waals surface area contributed by atoms with Gasteiger partial charge in [-0.05, 0) is 30.5 Å². The Bertz CT molecular complexity index is 601. The van der Waals surface area contributed by atoms with Crippen molar-refractivity contribution >= 4 is 0 Å². The fraction of sp³-hybridized carbons (Fsp3) is 0.471. The van der Waals surface area contributed by atoms with Crippen molar-refractivity contribution in [2.45, 2.75) is 39.2 Å². The first-order valence-electron chi connectivity index (χ1n) is 7.58. The maximum Gasteiger partial charge on any atom is 0.119 e. The Kier molecular flexibility index (Phi) is 5.54. The van der Waals surface area contributed by atoms with E-state index in [1.807, 2.05) is 28.8 Å². The van der Waals surface area contributed by atoms with Crippen molar-refractivity contribution in [2.24, 2.45) is 5.41 Å². The molecule has 0 fully saturated rings. The van der Waals surface area contributed by atoms with E-state index in [0.717, 1.165) is 30.6 Å². The summed E-state index contributed by atoms with van der Waals surface area (Å²) in [6, 6.07) is 10.5. The summed E-state index contributed by atoms with van der Waals surface area (Å²) in [6.45, 7) is 2.76. The van der Waals surface area contributed by atoms with Crippen molar-refractivity contribution in [1.29, 1.82) is 5.26 Å². The minimum Gasteiger partial charge on any atom is -0.497 e. The minimum absolute atomic E-state index is 0.438. The van der Waals surface area contributed by atoms with E-state index in [-0.39, 0.29) is 0 Å². The van der Waals surface area contributed by atoms with E-state index in [9.17, 15) is 5.26 Å². The molecule has 0 N–H and O–H groups in total. The molecule has 0 aliphatic heterocycles. The molecule has 0 aliphatic carbocycles. The number of hydrogen-bond donors (Lipinski definition) is 0. The fourth-order valence-electron chi connectivity index (χ4n) is 2.66. The number of nitrogens with zero attached hydrogens (tertiary/aromatic N) is 4. The number of rotatable bonds is 8. The zero-order valence-corrected chi connectivity index (χ0v) is 13.2. The number of nitriles is 1. The van der Waals surface area contributed by atoms with Crippen molar-refractivity contribution in [2.75, 3.05) is 7.11 Å². The molecule has 1 aromatic carbocycles. The Balaban J connectivity index is 2.20. The molecule has 0 spiro atoms. The van der Waals surface area contributed by atoms with Crippen LogP contribution in [0.1, 0.15) is 31.7 Å². The van der Waals surface area contributed by atoms with E-state index >= 15 is 0 Å². The molecule has 0 saturated carbocycles. The predicted molar refractivity (Wildman–Crippen MR) is 84.3 cm³/mol. The second-order valence-electron chi connectivity index (χ2n) is 5.65. The monoisotopic (exact) mass is 298 g/mol. The highest BCUT2D eigenvalue weighted by Crippen LogP contribution is 2.31. The van der Waals surface area contributed by atoms with Gasteiger partial charge in [0.15, 0.2) is 0 Å². The van der Waals surface area contributed by atoms with Gasteiger partial charge < -0.3 is 9.30 Å². The van der Waals surface area contributed by atoms with Gasteiger partial charge in [-0.25, -0.2) is 0 Å². The summed E-state index contributed by atoms with van der Waals surface area (Å²) < 4.78 is 7.08. The van der Waals surface area contributed by atoms with Gasteiger partial charge in [-0.2, -0.15) is 5.26 Å². The molecule has 2 rings (SSSR count). The van der Waals surface area contributed by atoms with Crippen LogP contribution in [0.2, 0.25) is 0 Å². The van der Waals surface area contributed by atoms with E-state index in [0.29, 0.717) is 13.0 Å². The van der Waals surface area contributed by atoms with Crippen LogP contribution < -0.4 is 4.74 Å². The average Bonchev–Trinajstić information content (AvgIpc) is 3.06. The van der Waals surface area contributed by atoms with Crippen LogP contribution in [0.15, 0.2) is 36.9 Å². The summed E-state index contributed by atoms with van der Waals surface area (Å²) in [7, 11) is 1.65. The van der Waals surface area contributed by atoms with E-state index in [1.165, 1.54) is 0 Å². The van der Waals surface area contributed by atoms with Crippen molar-refractivity contribution in [3.63, 3.8) is 0 Å². The molecule has 22 heavy (non-hydrogen) atoms. The van der Waals surface area contributed by atoms with Gasteiger partial charge in [-0.15, -0.1) is 10.2 Å². The van der Waals surface area contributed by atoms with Gasteiger partial charge in [0.05, 0.1) is 18.6 Å². The second kappa shape index (κ2) is 7.60. The number of methoxy groups -OCH3 is 1. The van der Waals surface area contributed by atoms with Crippen LogP contribution in [-0.2, 0) is 13.0 Å². The largest absolute Gasteiger partial charge is 0.497 e. The first-order valence-corrected chi connectivity index (χ1v) is 7.58. The van der Waals surface area contributed by atoms with Gasteiger partial charge >= 0.3 is 0 Å². The van der Waals surface area contributed by atoms with E-state index in [4.69, 9.17) is 4.74 Å². The zero-order valence-electron chi connectivity index (χ0n) is 13.2. The maximum atomic E-state index is 9.84. The van der Waals surface area contributed by atoms with Gasteiger partial charge in [-0.3, -0.25) is 0 Å². The zero-order chi connectivity index (χ0) is 15.8. The molecule has 2 aromatic rings. The number of benzene rings is 1. The van der Waals surface area contributed by atoms with Gasteiger partial charge in [-0.1, -0.05) is 31.9 Å². The Labute approximate surface area is 131 Å². The Morgan fingerprint density at radius 1 is 1.23 bits per heavy atom. The van der Waals surface area contributed by atoms with E-state index in [1.54, 1.807) is 19.8 Å². The smallest absolute Gasteiger partial charge is 0.119 e. The molecule has 5 nitrogen and oxygen atoms in total. The molecular weight excluding hydrogens is 276 g/mol. The van der Waals surface area contributed by atoms with Gasteiger partial charge in [0.25, 0.3) is 0 Å². The van der Waals surface area contributed by atoms with Gasteiger partial charge in [0.1, 0.15) is 18.4 Å². The molecule has 5 heteroatoms. The molecule has 0 aliphatic rings. The van der Waals surface area contributed by atoms with Crippen molar-refractivity contribution in [3.05, 3.63) is 42.5 Å². The lowest BCUT2D eigenvalue weighted by molar-refractivity contribution is 0.296. The molecule has 1 heterocycles. The number of ether oxygens (including phenoxy) is 1. The molecular formula is C17H22N4O. The molecule has 0 saturated heterocycles. The lowest BCUT2D eigenvalue weighted by Gasteiger charge is -2.27. The Morgan fingerprint density at radius 3 is 2.45 bits per heavy atom. The Morgan fingerprint density at radius 2 is 1.91 bits per heavy atom. The molecule has 0 bridgehead atoms. The quantitative estimate of drug-likeness (QED) is 0.750. The third-order valence-electron chi connectivity index (χ3n) is 3.90. The summed E-state index contributed by atoms with van der Waals surface area (Å²) in [6.07, 6.45) is 7.04. The van der Waals surface area contributed by atoms with E-state index in [2.05, 4.69) is 23.2 Å². The molecule has 0 amide bonds. The van der Waals surface area contributed by atoms with Crippen LogP contribution in [0.25, 0.3) is 0 Å². The van der Waals surface area contributed by atoms with Gasteiger partial charge in [0.2, 0.25) is 0 Å². The number of aromatic nitrogens is 3. The average molecular weight is 298 g/mol. The first-order chi connectivity index (χ1) is 10.7. The maximum absolute atomic E-state index is 9.84. The minimum atomic E-state index is -0.438. The summed E-state index contributed by atoms with van der Waals surface area (Å²) in [5.41, 5.74) is 0.707. The molecule has 1 unspecified atom stereocenters. The van der Waals surface area contributed by atoms with Crippen LogP contribution in [0, 0.1) is 16.7 Å². The van der Waals surface area contributed by atoms with Gasteiger partial charge in [0, 0.05) is 6.54 Å². The number of hydrogen-bond acceptors (Lipinski definition) is 4. The van der Waals surface area contributed by atoms with Crippen molar-refractivity contribution < 1.29 is 4.74 Å². The number of unbranched alkanes of at least 4 members (excludes halogenated alkanes) is 1. The summed E-state index contributed by atoms with van der Waals surface area (Å²) in [5, 5.41) is 17.5. The molecule has 116 valence electrons. The van der Waals surface area contributed by atoms with Crippen molar-refractivity contribution in [1.82, 2.24) is 14.8 Å². The standard InChI is InChI=1S/C17H22N4O/c1-3-4-9-17(11-18,12-21-13-19-20-14-21)10-15-5-7-16(22-2)8-6-15/h5-8,13-14H,3-4,9-10,12H2,1-2H3. The lowest BCUT2D eigenvalue weighted by Crippen LogP contribution is -2.27. The summed E-state index contributed by atoms with van der Waals surface area (Å²) in [4.78, 5) is 0. The van der Waals surface area contributed by atoms with Crippen LogP contribution >= 0.6 is 0 Å². The van der Waals surface area contributed by atoms with Crippen LogP contribution in [0.3, 0.4) is 0 Å². The van der Waals surface area contributed by atoms with Crippen LogP contribution in [0.5, 0.6) is 5.75 Å². The summed E-state index contributed by atoms with van der Waals surface area (Å²) >= 11 is 0. The van der Waals surface area contributed by atoms with Crippen LogP contribution in [0.4, 0.5) is 0 Å². The highest BCUT2D eigenvalue weighted by atomic mass is 16.5. The second-order valence-corrected chi connectivity index (χ2v) is 5.65. The Hall–Kier alpha value is -2.35.